The summed E-state index contributed by atoms with van der Waals surface area (Å²) in [6.07, 6.45) is 9.87. The molecule has 1 atom stereocenters. The molecule has 0 aliphatic heterocycles. The van der Waals surface area contributed by atoms with Crippen molar-refractivity contribution in [3.63, 3.8) is 0 Å². The molecule has 0 heterocycles. The van der Waals surface area contributed by atoms with Crippen molar-refractivity contribution < 1.29 is 0 Å². The molecule has 0 saturated carbocycles. The van der Waals surface area contributed by atoms with Crippen LogP contribution in [0.15, 0.2) is 0 Å². The molecule has 4 heteroatoms. The Morgan fingerprint density at radius 1 is 0.929 bits per heavy atom. The van der Waals surface area contributed by atoms with E-state index in [-0.39, 0.29) is 0 Å². The predicted molar refractivity (Wildman–Crippen MR) is 101 cm³/mol. The van der Waals surface area contributed by atoms with E-state index in [1.54, 1.807) is 0 Å². The van der Waals surface area contributed by atoms with Crippen LogP contribution in [0.1, 0.15) is 51.9 Å². The van der Waals surface area contributed by atoms with Gasteiger partial charge in [-0.2, -0.15) is 0 Å². The smallest absolute Gasteiger partial charge is 0.0794 e. The standard InChI is InChI=1S/C10H18I4/c1-2-3-4-5-6-7-8-9(11)10(12,13)14/h9H,2-8H2,1H3. The monoisotopic (exact) mass is 646 g/mol. The third-order valence-electron chi connectivity index (χ3n) is 2.17. The Morgan fingerprint density at radius 2 is 1.43 bits per heavy atom. The van der Waals surface area contributed by atoms with Crippen LogP contribution in [0.2, 0.25) is 0 Å². The van der Waals surface area contributed by atoms with Crippen LogP contribution < -0.4 is 0 Å². The van der Waals surface area contributed by atoms with Gasteiger partial charge in [0.05, 0.1) is 0 Å². The van der Waals surface area contributed by atoms with Gasteiger partial charge in [0.15, 0.2) is 0 Å². The summed E-state index contributed by atoms with van der Waals surface area (Å²) in [6, 6.07) is 0. The van der Waals surface area contributed by atoms with Crippen molar-refractivity contribution >= 4 is 90.4 Å². The average Bonchev–Trinajstić information content (AvgIpc) is 2.09. The van der Waals surface area contributed by atoms with Gasteiger partial charge in [-0.25, -0.2) is 0 Å². The highest BCUT2D eigenvalue weighted by Gasteiger charge is 2.26. The lowest BCUT2D eigenvalue weighted by Crippen LogP contribution is -2.15. The first-order valence-electron chi connectivity index (χ1n) is 5.19. The first kappa shape index (κ1) is 16.9. The maximum Gasteiger partial charge on any atom is 0.136 e. The molecule has 1 unspecified atom stereocenters. The van der Waals surface area contributed by atoms with Crippen molar-refractivity contribution in [2.45, 2.75) is 55.2 Å². The van der Waals surface area contributed by atoms with E-state index < -0.39 is 0 Å². The van der Waals surface area contributed by atoms with Gasteiger partial charge in [-0.3, -0.25) is 0 Å². The summed E-state index contributed by atoms with van der Waals surface area (Å²) in [5, 5.41) is 0. The first-order valence-corrected chi connectivity index (χ1v) is 9.67. The highest BCUT2D eigenvalue weighted by atomic mass is 127. The van der Waals surface area contributed by atoms with Gasteiger partial charge in [-0.05, 0) is 6.42 Å². The first-order chi connectivity index (χ1) is 6.48. The Kier molecular flexibility index (Phi) is 12.0. The van der Waals surface area contributed by atoms with Gasteiger partial charge in [-0.1, -0.05) is 136 Å². The van der Waals surface area contributed by atoms with Crippen molar-refractivity contribution in [2.24, 2.45) is 0 Å². The molecule has 0 fully saturated rings. The largest absolute Gasteiger partial charge is 0.136 e. The molecule has 14 heavy (non-hydrogen) atoms. The van der Waals surface area contributed by atoms with E-state index in [0.29, 0.717) is -0.565 Å². The van der Waals surface area contributed by atoms with Gasteiger partial charge in [0.2, 0.25) is 0 Å². The maximum absolute atomic E-state index is 2.59. The molecule has 0 bridgehead atoms. The van der Waals surface area contributed by atoms with Crippen LogP contribution in [-0.2, 0) is 0 Å². The van der Waals surface area contributed by atoms with Gasteiger partial charge in [0.25, 0.3) is 0 Å². The summed E-state index contributed by atoms with van der Waals surface area (Å²) in [7, 11) is 0. The number of hydrogen-bond donors (Lipinski definition) is 0. The second kappa shape index (κ2) is 9.90. The molecule has 0 rings (SSSR count). The van der Waals surface area contributed by atoms with Gasteiger partial charge < -0.3 is 0 Å². The van der Waals surface area contributed by atoms with Crippen LogP contribution in [0, 0.1) is 0 Å². The highest BCUT2D eigenvalue weighted by molar-refractivity contribution is 14.3. The zero-order valence-corrected chi connectivity index (χ0v) is 17.2. The summed E-state index contributed by atoms with van der Waals surface area (Å²) in [6.45, 7) is 2.28. The Balaban J connectivity index is 3.28. The molecule has 86 valence electrons. The van der Waals surface area contributed by atoms with Crippen LogP contribution in [0.3, 0.4) is 0 Å². The fourth-order valence-electron chi connectivity index (χ4n) is 1.27. The van der Waals surface area contributed by atoms with Gasteiger partial charge in [0, 0.05) is 3.92 Å². The second-order valence-electron chi connectivity index (χ2n) is 3.57. The lowest BCUT2D eigenvalue weighted by atomic mass is 10.1. The van der Waals surface area contributed by atoms with E-state index >= 15 is 0 Å². The van der Waals surface area contributed by atoms with Crippen molar-refractivity contribution in [1.29, 1.82) is 0 Å². The SMILES string of the molecule is CCCCCCCCC(I)C(I)(I)I. The van der Waals surface area contributed by atoms with Crippen LogP contribution in [-0.4, -0.2) is 3.36 Å². The number of rotatable bonds is 8. The van der Waals surface area contributed by atoms with E-state index in [4.69, 9.17) is 0 Å². The fourth-order valence-corrected chi connectivity index (χ4v) is 2.64. The molecule has 0 amide bonds. The third kappa shape index (κ3) is 10.1. The quantitative estimate of drug-likeness (QED) is 0.161. The van der Waals surface area contributed by atoms with Crippen molar-refractivity contribution in [1.82, 2.24) is 0 Å². The Labute approximate surface area is 143 Å². The molecule has 0 radical (unpaired) electrons. The van der Waals surface area contributed by atoms with Crippen LogP contribution in [0.5, 0.6) is 0 Å². The van der Waals surface area contributed by atoms with Crippen LogP contribution in [0.4, 0.5) is 0 Å². The zero-order chi connectivity index (χ0) is 11.0. The molecule has 0 spiro atoms. The minimum absolute atomic E-state index is 0.400. The molecule has 0 aromatic carbocycles. The van der Waals surface area contributed by atoms with E-state index in [1.165, 1.54) is 44.9 Å². The number of halogens is 4. The van der Waals surface area contributed by atoms with Gasteiger partial charge in [-0.15, -0.1) is 0 Å². The highest BCUT2D eigenvalue weighted by Crippen LogP contribution is 2.44. The van der Waals surface area contributed by atoms with E-state index in [9.17, 15) is 0 Å². The van der Waals surface area contributed by atoms with Gasteiger partial charge in [0.1, 0.15) is -0.565 Å². The lowest BCUT2D eigenvalue weighted by Gasteiger charge is -2.19. The maximum atomic E-state index is 2.59. The summed E-state index contributed by atoms with van der Waals surface area (Å²) in [5.41, 5.74) is 0. The second-order valence-corrected chi connectivity index (χ2v) is 16.4. The minimum Gasteiger partial charge on any atom is -0.0794 e. The van der Waals surface area contributed by atoms with E-state index in [2.05, 4.69) is 97.3 Å². The summed E-state index contributed by atoms with van der Waals surface area (Å²) in [5.74, 6) is 0. The molecular weight excluding hydrogens is 628 g/mol. The molecule has 0 nitrogen and oxygen atoms in total. The number of alkyl halides is 4. The summed E-state index contributed by atoms with van der Waals surface area (Å²) in [4.78, 5) is 0. The lowest BCUT2D eigenvalue weighted by molar-refractivity contribution is 0.592. The third-order valence-corrected chi connectivity index (χ3v) is 9.55. The average molecular weight is 646 g/mol. The predicted octanol–water partition coefficient (Wildman–Crippen LogP) is 6.50. The molecule has 0 aliphatic carbocycles. The molecule has 0 saturated heterocycles. The summed E-state index contributed by atoms with van der Waals surface area (Å²) >= 11 is 10.2. The Hall–Kier alpha value is 2.92. The fraction of sp³-hybridized carbons (Fsp3) is 1.00. The molecule has 0 N–H and O–H groups in total. The van der Waals surface area contributed by atoms with Crippen molar-refractivity contribution in [2.75, 3.05) is 0 Å². The Bertz CT molecular complexity index is 131. The molecule has 0 aromatic heterocycles. The molecule has 0 aromatic rings. The van der Waals surface area contributed by atoms with E-state index in [1.807, 2.05) is 0 Å². The molecule has 0 aliphatic rings. The topological polar surface area (TPSA) is 0 Å². The number of hydrogen-bond acceptors (Lipinski definition) is 0. The molecular formula is C10H18I4. The van der Waals surface area contributed by atoms with Crippen molar-refractivity contribution in [3.05, 3.63) is 0 Å². The van der Waals surface area contributed by atoms with Crippen LogP contribution >= 0.6 is 90.4 Å². The minimum atomic E-state index is 0.400. The van der Waals surface area contributed by atoms with Gasteiger partial charge >= 0.3 is 0 Å². The van der Waals surface area contributed by atoms with Crippen molar-refractivity contribution in [3.8, 4) is 0 Å². The summed E-state index contributed by atoms with van der Waals surface area (Å²) < 4.78 is 1.20. The number of unbranched alkanes of at least 4 members (excludes halogenated alkanes) is 5. The normalized spacial score (nSPS) is 14.4. The van der Waals surface area contributed by atoms with E-state index in [0.717, 1.165) is 3.92 Å². The zero-order valence-electron chi connectivity index (χ0n) is 8.54. The Morgan fingerprint density at radius 3 is 1.93 bits per heavy atom. The van der Waals surface area contributed by atoms with Crippen LogP contribution in [0.25, 0.3) is 0 Å².